The number of aromatic carboxylic acids is 1. The lowest BCUT2D eigenvalue weighted by Crippen LogP contribution is -2.03. The number of carboxylic acid groups (broad SMARTS) is 1. The van der Waals surface area contributed by atoms with E-state index in [0.717, 1.165) is 11.8 Å². The topological polar surface area (TPSA) is 74.6 Å². The zero-order valence-corrected chi connectivity index (χ0v) is 11.4. The predicted octanol–water partition coefficient (Wildman–Crippen LogP) is 3.01. The molecule has 4 nitrogen and oxygen atoms in total. The van der Waals surface area contributed by atoms with Gasteiger partial charge in [-0.15, -0.1) is 0 Å². The van der Waals surface area contributed by atoms with Gasteiger partial charge in [-0.05, 0) is 36.6 Å². The van der Waals surface area contributed by atoms with Gasteiger partial charge in [0.05, 0.1) is 5.56 Å². The number of aryl methyl sites for hydroxylation is 1. The number of phenols is 1. The summed E-state index contributed by atoms with van der Waals surface area (Å²) in [4.78, 5) is 22.0. The summed E-state index contributed by atoms with van der Waals surface area (Å²) in [5.41, 5.74) is 1.82. The van der Waals surface area contributed by atoms with Gasteiger partial charge in [0, 0.05) is 11.5 Å². The van der Waals surface area contributed by atoms with Gasteiger partial charge < -0.3 is 15.0 Å². The average molecular weight is 284 g/mol. The Labute approximate surface area is 122 Å². The first-order valence-electron chi connectivity index (χ1n) is 6.67. The molecule has 21 heavy (non-hydrogen) atoms. The standard InChI is InChI=1S/C17H16O4/c18-11-14(15-3-1-2-4-16(15)19)10-7-12-5-8-13(9-6-12)17(20)21/h1-6,8-9,11,14,19H,7,10H2,(H,20,21). The number of carbonyl (C=O) groups excluding carboxylic acids is 1. The molecular formula is C17H16O4. The molecule has 0 radical (unpaired) electrons. The molecule has 0 saturated carbocycles. The monoisotopic (exact) mass is 284 g/mol. The van der Waals surface area contributed by atoms with E-state index in [1.165, 1.54) is 0 Å². The van der Waals surface area contributed by atoms with Crippen molar-refractivity contribution >= 4 is 12.3 Å². The zero-order valence-electron chi connectivity index (χ0n) is 11.4. The van der Waals surface area contributed by atoms with Crippen LogP contribution < -0.4 is 0 Å². The van der Waals surface area contributed by atoms with Crippen LogP contribution in [0, 0.1) is 0 Å². The third-order valence-corrected chi connectivity index (χ3v) is 3.45. The van der Waals surface area contributed by atoms with Gasteiger partial charge in [-0.25, -0.2) is 4.79 Å². The first kappa shape index (κ1) is 14.8. The maximum absolute atomic E-state index is 11.2. The summed E-state index contributed by atoms with van der Waals surface area (Å²) >= 11 is 0. The number of rotatable bonds is 6. The van der Waals surface area contributed by atoms with Crippen molar-refractivity contribution in [3.8, 4) is 5.75 Å². The van der Waals surface area contributed by atoms with E-state index in [1.807, 2.05) is 0 Å². The summed E-state index contributed by atoms with van der Waals surface area (Å²) in [6.07, 6.45) is 2.03. The number of carboxylic acids is 1. The Hall–Kier alpha value is -2.62. The van der Waals surface area contributed by atoms with Gasteiger partial charge in [0.2, 0.25) is 0 Å². The summed E-state index contributed by atoms with van der Waals surface area (Å²) in [6.45, 7) is 0. The molecule has 0 saturated heterocycles. The normalized spacial score (nSPS) is 11.8. The van der Waals surface area contributed by atoms with Crippen LogP contribution in [0.1, 0.15) is 33.8 Å². The fourth-order valence-corrected chi connectivity index (χ4v) is 2.23. The molecule has 0 amide bonds. The van der Waals surface area contributed by atoms with Crippen LogP contribution in [0.25, 0.3) is 0 Å². The number of aldehydes is 1. The lowest BCUT2D eigenvalue weighted by atomic mass is 9.93. The van der Waals surface area contributed by atoms with Crippen LogP contribution in [-0.4, -0.2) is 22.5 Å². The molecule has 0 bridgehead atoms. The van der Waals surface area contributed by atoms with E-state index in [4.69, 9.17) is 5.11 Å². The SMILES string of the molecule is O=CC(CCc1ccc(C(=O)O)cc1)c1ccccc1O. The van der Waals surface area contributed by atoms with Crippen molar-refractivity contribution in [2.75, 3.05) is 0 Å². The van der Waals surface area contributed by atoms with Gasteiger partial charge in [-0.2, -0.15) is 0 Å². The van der Waals surface area contributed by atoms with E-state index in [-0.39, 0.29) is 17.2 Å². The summed E-state index contributed by atoms with van der Waals surface area (Å²) in [6, 6.07) is 13.4. The highest BCUT2D eigenvalue weighted by atomic mass is 16.4. The summed E-state index contributed by atoms with van der Waals surface area (Å²) in [5, 5.41) is 18.6. The number of hydrogen-bond acceptors (Lipinski definition) is 3. The van der Waals surface area contributed by atoms with E-state index >= 15 is 0 Å². The third kappa shape index (κ3) is 3.69. The Morgan fingerprint density at radius 3 is 2.33 bits per heavy atom. The van der Waals surface area contributed by atoms with E-state index in [1.54, 1.807) is 48.5 Å². The smallest absolute Gasteiger partial charge is 0.335 e. The zero-order chi connectivity index (χ0) is 15.2. The molecule has 2 rings (SSSR count). The molecule has 1 unspecified atom stereocenters. The predicted molar refractivity (Wildman–Crippen MR) is 78.6 cm³/mol. The minimum atomic E-state index is -0.957. The summed E-state index contributed by atoms with van der Waals surface area (Å²) < 4.78 is 0. The molecule has 0 heterocycles. The molecule has 1 atom stereocenters. The van der Waals surface area contributed by atoms with Crippen LogP contribution in [0.5, 0.6) is 5.75 Å². The van der Waals surface area contributed by atoms with Crippen LogP contribution in [0.15, 0.2) is 48.5 Å². The molecule has 0 aromatic heterocycles. The summed E-state index contributed by atoms with van der Waals surface area (Å²) in [5.74, 6) is -1.21. The summed E-state index contributed by atoms with van der Waals surface area (Å²) in [7, 11) is 0. The first-order chi connectivity index (χ1) is 10.1. The van der Waals surface area contributed by atoms with Crippen LogP contribution in [0.4, 0.5) is 0 Å². The van der Waals surface area contributed by atoms with Gasteiger partial charge in [0.15, 0.2) is 0 Å². The van der Waals surface area contributed by atoms with Crippen LogP contribution in [0.3, 0.4) is 0 Å². The van der Waals surface area contributed by atoms with Crippen molar-refractivity contribution in [3.63, 3.8) is 0 Å². The maximum Gasteiger partial charge on any atom is 0.335 e. The number of hydrogen-bond donors (Lipinski definition) is 2. The minimum absolute atomic E-state index is 0.121. The van der Waals surface area contributed by atoms with Crippen molar-refractivity contribution in [3.05, 3.63) is 65.2 Å². The molecule has 0 aliphatic carbocycles. The van der Waals surface area contributed by atoms with Crippen LogP contribution in [0.2, 0.25) is 0 Å². The molecule has 0 aliphatic rings. The highest BCUT2D eigenvalue weighted by Gasteiger charge is 2.14. The van der Waals surface area contributed by atoms with Gasteiger partial charge in [0.25, 0.3) is 0 Å². The molecule has 108 valence electrons. The third-order valence-electron chi connectivity index (χ3n) is 3.45. The Kier molecular flexibility index (Phi) is 4.72. The molecule has 2 N–H and O–H groups in total. The van der Waals surface area contributed by atoms with E-state index < -0.39 is 5.97 Å². The fourth-order valence-electron chi connectivity index (χ4n) is 2.23. The van der Waals surface area contributed by atoms with Crippen LogP contribution >= 0.6 is 0 Å². The van der Waals surface area contributed by atoms with Gasteiger partial charge in [-0.1, -0.05) is 30.3 Å². The number of phenolic OH excluding ortho intramolecular Hbond substituents is 1. The molecule has 0 fully saturated rings. The lowest BCUT2D eigenvalue weighted by Gasteiger charge is -2.12. The lowest BCUT2D eigenvalue weighted by molar-refractivity contribution is -0.109. The van der Waals surface area contributed by atoms with Crippen molar-refractivity contribution in [2.45, 2.75) is 18.8 Å². The molecule has 0 aliphatic heterocycles. The number of benzene rings is 2. The first-order valence-corrected chi connectivity index (χ1v) is 6.67. The maximum atomic E-state index is 11.2. The second-order valence-electron chi connectivity index (χ2n) is 4.84. The highest BCUT2D eigenvalue weighted by Crippen LogP contribution is 2.27. The van der Waals surface area contributed by atoms with Gasteiger partial charge >= 0.3 is 5.97 Å². The Bertz CT molecular complexity index is 631. The molecular weight excluding hydrogens is 268 g/mol. The second-order valence-corrected chi connectivity index (χ2v) is 4.84. The van der Waals surface area contributed by atoms with E-state index in [2.05, 4.69) is 0 Å². The number of carbonyl (C=O) groups is 2. The Morgan fingerprint density at radius 2 is 1.76 bits per heavy atom. The minimum Gasteiger partial charge on any atom is -0.508 e. The largest absolute Gasteiger partial charge is 0.508 e. The average Bonchev–Trinajstić information content (AvgIpc) is 2.50. The highest BCUT2D eigenvalue weighted by molar-refractivity contribution is 5.87. The van der Waals surface area contributed by atoms with Gasteiger partial charge in [-0.3, -0.25) is 0 Å². The fraction of sp³-hybridized carbons (Fsp3) is 0.176. The van der Waals surface area contributed by atoms with Crippen molar-refractivity contribution in [1.29, 1.82) is 0 Å². The molecule has 0 spiro atoms. The Balaban J connectivity index is 2.05. The van der Waals surface area contributed by atoms with Gasteiger partial charge in [0.1, 0.15) is 12.0 Å². The van der Waals surface area contributed by atoms with Crippen molar-refractivity contribution in [2.24, 2.45) is 0 Å². The van der Waals surface area contributed by atoms with E-state index in [0.29, 0.717) is 18.4 Å². The Morgan fingerprint density at radius 1 is 1.10 bits per heavy atom. The van der Waals surface area contributed by atoms with Crippen molar-refractivity contribution < 1.29 is 19.8 Å². The number of para-hydroxylation sites is 1. The van der Waals surface area contributed by atoms with Crippen LogP contribution in [-0.2, 0) is 11.2 Å². The second kappa shape index (κ2) is 6.70. The van der Waals surface area contributed by atoms with Crippen molar-refractivity contribution in [1.82, 2.24) is 0 Å². The molecule has 4 heteroatoms. The molecule has 2 aromatic rings. The quantitative estimate of drug-likeness (QED) is 0.800. The number of aromatic hydroxyl groups is 1. The molecule has 2 aromatic carbocycles. The van der Waals surface area contributed by atoms with E-state index in [9.17, 15) is 14.7 Å².